The normalized spacial score (nSPS) is 19.1. The molecule has 0 aliphatic carbocycles. The van der Waals surface area contributed by atoms with Crippen molar-refractivity contribution in [1.82, 2.24) is 9.21 Å². The molecule has 0 aromatic heterocycles. The fourth-order valence-electron chi connectivity index (χ4n) is 2.86. The van der Waals surface area contributed by atoms with Crippen molar-refractivity contribution in [2.24, 2.45) is 5.92 Å². The summed E-state index contributed by atoms with van der Waals surface area (Å²) in [7, 11) is -2.22. The molecule has 0 spiro atoms. The van der Waals surface area contributed by atoms with Crippen LogP contribution < -0.4 is 0 Å². The van der Waals surface area contributed by atoms with Crippen LogP contribution in [-0.4, -0.2) is 61.9 Å². The fraction of sp³-hybridized carbons (Fsp3) is 0.562. The Morgan fingerprint density at radius 2 is 2.04 bits per heavy atom. The average molecular weight is 340 g/mol. The molecule has 1 fully saturated rings. The number of hydrogen-bond acceptors (Lipinski definition) is 4. The van der Waals surface area contributed by atoms with E-state index < -0.39 is 10.0 Å². The summed E-state index contributed by atoms with van der Waals surface area (Å²) in [6, 6.07) is 8.11. The molecular weight excluding hydrogens is 316 g/mol. The van der Waals surface area contributed by atoms with E-state index in [1.54, 1.807) is 23.1 Å². The minimum Gasteiger partial charge on any atom is -0.396 e. The number of amides is 1. The van der Waals surface area contributed by atoms with Crippen LogP contribution in [0.15, 0.2) is 35.2 Å². The molecule has 1 amide bonds. The monoisotopic (exact) mass is 340 g/mol. The number of aliphatic hydroxyl groups excluding tert-OH is 1. The summed E-state index contributed by atoms with van der Waals surface area (Å²) in [4.78, 5) is 14.3. The van der Waals surface area contributed by atoms with Crippen molar-refractivity contribution in [2.75, 3.05) is 33.3 Å². The van der Waals surface area contributed by atoms with E-state index in [-0.39, 0.29) is 24.0 Å². The summed E-state index contributed by atoms with van der Waals surface area (Å²) in [5.74, 6) is 0.114. The number of rotatable bonds is 6. The highest BCUT2D eigenvalue weighted by molar-refractivity contribution is 7.89. The van der Waals surface area contributed by atoms with Crippen molar-refractivity contribution in [3.63, 3.8) is 0 Å². The molecule has 1 heterocycles. The topological polar surface area (TPSA) is 77.9 Å². The number of piperidine rings is 1. The Labute approximate surface area is 137 Å². The zero-order chi connectivity index (χ0) is 16.9. The van der Waals surface area contributed by atoms with Gasteiger partial charge in [-0.2, -0.15) is 4.31 Å². The molecule has 1 N–H and O–H groups in total. The zero-order valence-electron chi connectivity index (χ0n) is 13.4. The molecule has 1 unspecified atom stereocenters. The van der Waals surface area contributed by atoms with Gasteiger partial charge in [0.15, 0.2) is 0 Å². The van der Waals surface area contributed by atoms with E-state index in [0.717, 1.165) is 17.1 Å². The molecule has 1 aliphatic heterocycles. The third-order valence-corrected chi connectivity index (χ3v) is 6.04. The second kappa shape index (κ2) is 7.90. The number of likely N-dealkylation sites (tertiary alicyclic amines) is 1. The van der Waals surface area contributed by atoms with Crippen LogP contribution in [0.1, 0.15) is 19.3 Å². The molecule has 0 bridgehead atoms. The van der Waals surface area contributed by atoms with Gasteiger partial charge in [-0.3, -0.25) is 4.79 Å². The van der Waals surface area contributed by atoms with E-state index in [9.17, 15) is 13.2 Å². The fourth-order valence-corrected chi connectivity index (χ4v) is 4.00. The van der Waals surface area contributed by atoms with Crippen LogP contribution in [0.3, 0.4) is 0 Å². The van der Waals surface area contributed by atoms with E-state index in [1.807, 2.05) is 0 Å². The smallest absolute Gasteiger partial charge is 0.243 e. The van der Waals surface area contributed by atoms with Gasteiger partial charge in [-0.25, -0.2) is 8.42 Å². The Morgan fingerprint density at radius 1 is 1.35 bits per heavy atom. The predicted molar refractivity (Wildman–Crippen MR) is 87.3 cm³/mol. The van der Waals surface area contributed by atoms with Gasteiger partial charge in [0.2, 0.25) is 15.9 Å². The Bertz CT molecular complexity index is 616. The number of sulfonamides is 1. The minimum absolute atomic E-state index is 0.120. The standard InChI is InChI=1S/C16H24N2O4S/c1-17(23(21,22)15-7-3-2-4-8-15)13-16(20)18-10-5-6-14(12-18)9-11-19/h2-4,7-8,14,19H,5-6,9-13H2,1H3. The van der Waals surface area contributed by atoms with Gasteiger partial charge in [-0.15, -0.1) is 0 Å². The predicted octanol–water partition coefficient (Wildman–Crippen LogP) is 0.928. The molecule has 1 aliphatic rings. The Balaban J connectivity index is 1.99. The highest BCUT2D eigenvalue weighted by Gasteiger charge is 2.27. The third-order valence-electron chi connectivity index (χ3n) is 4.22. The summed E-state index contributed by atoms with van der Waals surface area (Å²) in [6.45, 7) is 1.21. The molecule has 6 nitrogen and oxygen atoms in total. The SMILES string of the molecule is CN(CC(=O)N1CCCC(CCO)C1)S(=O)(=O)c1ccccc1. The maximum Gasteiger partial charge on any atom is 0.243 e. The van der Waals surface area contributed by atoms with Crippen molar-refractivity contribution in [2.45, 2.75) is 24.2 Å². The summed E-state index contributed by atoms with van der Waals surface area (Å²) < 4.78 is 26.0. The molecule has 2 rings (SSSR count). The zero-order valence-corrected chi connectivity index (χ0v) is 14.2. The molecule has 1 saturated heterocycles. The van der Waals surface area contributed by atoms with Crippen molar-refractivity contribution >= 4 is 15.9 Å². The Morgan fingerprint density at radius 3 is 2.70 bits per heavy atom. The molecule has 0 saturated carbocycles. The highest BCUT2D eigenvalue weighted by atomic mass is 32.2. The third kappa shape index (κ3) is 4.53. The number of aliphatic hydroxyl groups is 1. The van der Waals surface area contributed by atoms with E-state index in [0.29, 0.717) is 25.4 Å². The van der Waals surface area contributed by atoms with E-state index in [1.165, 1.54) is 19.2 Å². The molecule has 128 valence electrons. The molecule has 1 aromatic carbocycles. The van der Waals surface area contributed by atoms with Crippen LogP contribution in [0.2, 0.25) is 0 Å². The lowest BCUT2D eigenvalue weighted by atomic mass is 9.95. The van der Waals surface area contributed by atoms with Crippen LogP contribution >= 0.6 is 0 Å². The van der Waals surface area contributed by atoms with Crippen molar-refractivity contribution in [1.29, 1.82) is 0 Å². The second-order valence-electron chi connectivity index (χ2n) is 5.93. The summed E-state index contributed by atoms with van der Waals surface area (Å²) in [5, 5.41) is 9.03. The molecular formula is C16H24N2O4S. The lowest BCUT2D eigenvalue weighted by Crippen LogP contribution is -2.45. The second-order valence-corrected chi connectivity index (χ2v) is 7.98. The molecule has 0 radical (unpaired) electrons. The van der Waals surface area contributed by atoms with Gasteiger partial charge in [0, 0.05) is 26.7 Å². The quantitative estimate of drug-likeness (QED) is 0.836. The highest BCUT2D eigenvalue weighted by Crippen LogP contribution is 2.20. The van der Waals surface area contributed by atoms with Crippen molar-refractivity contribution < 1.29 is 18.3 Å². The van der Waals surface area contributed by atoms with Gasteiger partial charge in [-0.05, 0) is 37.3 Å². The molecule has 1 atom stereocenters. The van der Waals surface area contributed by atoms with Gasteiger partial charge in [-0.1, -0.05) is 18.2 Å². The van der Waals surface area contributed by atoms with Crippen LogP contribution in [0, 0.1) is 5.92 Å². The van der Waals surface area contributed by atoms with E-state index >= 15 is 0 Å². The van der Waals surface area contributed by atoms with E-state index in [2.05, 4.69) is 0 Å². The first kappa shape index (κ1) is 17.9. The minimum atomic E-state index is -3.65. The molecule has 1 aromatic rings. The van der Waals surface area contributed by atoms with Crippen LogP contribution in [0.25, 0.3) is 0 Å². The summed E-state index contributed by atoms with van der Waals surface area (Å²) in [5.41, 5.74) is 0. The lowest BCUT2D eigenvalue weighted by Gasteiger charge is -2.33. The number of likely N-dealkylation sites (N-methyl/N-ethyl adjacent to an activating group) is 1. The van der Waals surface area contributed by atoms with Gasteiger partial charge in [0.25, 0.3) is 0 Å². The number of carbonyl (C=O) groups is 1. The van der Waals surface area contributed by atoms with Crippen LogP contribution in [0.5, 0.6) is 0 Å². The van der Waals surface area contributed by atoms with Gasteiger partial charge < -0.3 is 10.0 Å². The van der Waals surface area contributed by atoms with Crippen molar-refractivity contribution in [3.8, 4) is 0 Å². The maximum atomic E-state index is 12.4. The van der Waals surface area contributed by atoms with Gasteiger partial charge >= 0.3 is 0 Å². The van der Waals surface area contributed by atoms with Crippen LogP contribution in [-0.2, 0) is 14.8 Å². The molecule has 7 heteroatoms. The van der Waals surface area contributed by atoms with Crippen LogP contribution in [0.4, 0.5) is 0 Å². The van der Waals surface area contributed by atoms with Gasteiger partial charge in [0.1, 0.15) is 0 Å². The number of nitrogens with zero attached hydrogens (tertiary/aromatic N) is 2. The number of benzene rings is 1. The largest absolute Gasteiger partial charge is 0.396 e. The van der Waals surface area contributed by atoms with E-state index in [4.69, 9.17) is 5.11 Å². The Hall–Kier alpha value is -1.44. The Kier molecular flexibility index (Phi) is 6.15. The summed E-state index contributed by atoms with van der Waals surface area (Å²) in [6.07, 6.45) is 2.58. The lowest BCUT2D eigenvalue weighted by molar-refractivity contribution is -0.133. The maximum absolute atomic E-state index is 12.4. The first-order chi connectivity index (χ1) is 10.9. The first-order valence-corrected chi connectivity index (χ1v) is 9.29. The number of hydrogen-bond donors (Lipinski definition) is 1. The van der Waals surface area contributed by atoms with Gasteiger partial charge in [0.05, 0.1) is 11.4 Å². The number of carbonyl (C=O) groups excluding carboxylic acids is 1. The molecule has 23 heavy (non-hydrogen) atoms. The average Bonchev–Trinajstić information content (AvgIpc) is 2.56. The van der Waals surface area contributed by atoms with Crippen molar-refractivity contribution in [3.05, 3.63) is 30.3 Å². The summed E-state index contributed by atoms with van der Waals surface area (Å²) >= 11 is 0. The first-order valence-electron chi connectivity index (χ1n) is 7.85.